The number of hydrogen-bond donors (Lipinski definition) is 0. The van der Waals surface area contributed by atoms with Crippen LogP contribution in [-0.4, -0.2) is 24.1 Å². The standard InChI is InChI=1S/C19H23NO4/c1-3-24-19(23)17(8-6-4-5-7-14(2)21)18(22)16-11-9-15(13-20)10-12-16/h9-12,17H,3-8H2,1-2H3. The highest BCUT2D eigenvalue weighted by molar-refractivity contribution is 6.08. The first-order valence-electron chi connectivity index (χ1n) is 8.20. The quantitative estimate of drug-likeness (QED) is 0.284. The Morgan fingerprint density at radius 2 is 1.79 bits per heavy atom. The molecule has 5 nitrogen and oxygen atoms in total. The van der Waals surface area contributed by atoms with E-state index in [9.17, 15) is 14.4 Å². The summed E-state index contributed by atoms with van der Waals surface area (Å²) in [6.07, 6.45) is 3.15. The predicted octanol–water partition coefficient (Wildman–Crippen LogP) is 3.46. The number of Topliss-reactive ketones (excluding diaryl/α,β-unsaturated/α-hetero) is 2. The average molecular weight is 329 g/mol. The Kier molecular flexibility index (Phi) is 8.42. The van der Waals surface area contributed by atoms with E-state index in [1.54, 1.807) is 38.1 Å². The van der Waals surface area contributed by atoms with Gasteiger partial charge in [-0.25, -0.2) is 0 Å². The highest BCUT2D eigenvalue weighted by atomic mass is 16.5. The Labute approximate surface area is 142 Å². The molecule has 24 heavy (non-hydrogen) atoms. The van der Waals surface area contributed by atoms with Gasteiger partial charge in [-0.2, -0.15) is 5.26 Å². The molecule has 0 aromatic heterocycles. The van der Waals surface area contributed by atoms with E-state index >= 15 is 0 Å². The van der Waals surface area contributed by atoms with Crippen LogP contribution in [0.15, 0.2) is 24.3 Å². The highest BCUT2D eigenvalue weighted by Gasteiger charge is 2.28. The number of ether oxygens (including phenoxy) is 1. The molecular formula is C19H23NO4. The lowest BCUT2D eigenvalue weighted by Crippen LogP contribution is -2.26. The molecule has 0 heterocycles. The summed E-state index contributed by atoms with van der Waals surface area (Å²) in [4.78, 5) is 35.6. The molecule has 0 aliphatic heterocycles. The van der Waals surface area contributed by atoms with Crippen LogP contribution in [0.3, 0.4) is 0 Å². The molecule has 0 aliphatic carbocycles. The highest BCUT2D eigenvalue weighted by Crippen LogP contribution is 2.19. The minimum Gasteiger partial charge on any atom is -0.465 e. The molecule has 0 fully saturated rings. The molecule has 1 aromatic rings. The van der Waals surface area contributed by atoms with Gasteiger partial charge in [-0.3, -0.25) is 9.59 Å². The van der Waals surface area contributed by atoms with Crippen LogP contribution in [0.25, 0.3) is 0 Å². The third-order valence-electron chi connectivity index (χ3n) is 3.71. The second-order valence-electron chi connectivity index (χ2n) is 5.66. The number of benzene rings is 1. The molecular weight excluding hydrogens is 306 g/mol. The van der Waals surface area contributed by atoms with Crippen molar-refractivity contribution >= 4 is 17.5 Å². The van der Waals surface area contributed by atoms with Crippen LogP contribution in [0.1, 0.15) is 61.9 Å². The molecule has 0 aliphatic rings. The third-order valence-corrected chi connectivity index (χ3v) is 3.71. The Hall–Kier alpha value is -2.48. The summed E-state index contributed by atoms with van der Waals surface area (Å²) >= 11 is 0. The largest absolute Gasteiger partial charge is 0.465 e. The Balaban J connectivity index is 2.73. The van der Waals surface area contributed by atoms with E-state index < -0.39 is 11.9 Å². The number of ketones is 2. The van der Waals surface area contributed by atoms with Gasteiger partial charge in [-0.05, 0) is 38.8 Å². The van der Waals surface area contributed by atoms with Crippen molar-refractivity contribution in [1.29, 1.82) is 5.26 Å². The molecule has 1 rings (SSSR count). The monoisotopic (exact) mass is 329 g/mol. The molecule has 1 unspecified atom stereocenters. The van der Waals surface area contributed by atoms with Crippen LogP contribution in [0.4, 0.5) is 0 Å². The molecule has 1 atom stereocenters. The van der Waals surface area contributed by atoms with Gasteiger partial charge in [0.05, 0.1) is 18.2 Å². The van der Waals surface area contributed by atoms with Crippen molar-refractivity contribution in [2.75, 3.05) is 6.61 Å². The Bertz CT molecular complexity index is 613. The number of hydrogen-bond acceptors (Lipinski definition) is 5. The van der Waals surface area contributed by atoms with Crippen molar-refractivity contribution in [3.63, 3.8) is 0 Å². The van der Waals surface area contributed by atoms with Crippen molar-refractivity contribution in [2.24, 2.45) is 5.92 Å². The first-order chi connectivity index (χ1) is 11.5. The van der Waals surface area contributed by atoms with Crippen molar-refractivity contribution in [3.8, 4) is 6.07 Å². The molecule has 0 amide bonds. The van der Waals surface area contributed by atoms with Gasteiger partial charge in [-0.15, -0.1) is 0 Å². The molecule has 0 saturated carbocycles. The average Bonchev–Trinajstić information content (AvgIpc) is 2.57. The molecule has 1 aromatic carbocycles. The maximum absolute atomic E-state index is 12.6. The number of carbonyl (C=O) groups excluding carboxylic acids is 3. The number of esters is 1. The van der Waals surface area contributed by atoms with Gasteiger partial charge in [0.1, 0.15) is 11.7 Å². The maximum atomic E-state index is 12.6. The molecule has 0 spiro atoms. The summed E-state index contributed by atoms with van der Waals surface area (Å²) in [5, 5.41) is 8.81. The number of nitriles is 1. The van der Waals surface area contributed by atoms with E-state index in [-0.39, 0.29) is 18.2 Å². The van der Waals surface area contributed by atoms with Crippen LogP contribution < -0.4 is 0 Å². The minimum absolute atomic E-state index is 0.144. The first-order valence-corrected chi connectivity index (χ1v) is 8.20. The zero-order valence-electron chi connectivity index (χ0n) is 14.2. The fourth-order valence-corrected chi connectivity index (χ4v) is 2.41. The minimum atomic E-state index is -0.838. The van der Waals surface area contributed by atoms with Gasteiger partial charge >= 0.3 is 5.97 Å². The van der Waals surface area contributed by atoms with Gasteiger partial charge in [0.25, 0.3) is 0 Å². The number of nitrogens with zero attached hydrogens (tertiary/aromatic N) is 1. The lowest BCUT2D eigenvalue weighted by atomic mass is 9.91. The molecule has 128 valence electrons. The molecule has 0 N–H and O–H groups in total. The Morgan fingerprint density at radius 3 is 2.33 bits per heavy atom. The zero-order chi connectivity index (χ0) is 17.9. The van der Waals surface area contributed by atoms with E-state index in [0.717, 1.165) is 12.8 Å². The molecule has 0 saturated heterocycles. The lowest BCUT2D eigenvalue weighted by molar-refractivity contribution is -0.146. The first kappa shape index (κ1) is 19.6. The van der Waals surface area contributed by atoms with E-state index in [4.69, 9.17) is 10.00 Å². The van der Waals surface area contributed by atoms with E-state index in [1.807, 2.05) is 6.07 Å². The van der Waals surface area contributed by atoms with Crippen LogP contribution in [-0.2, 0) is 14.3 Å². The van der Waals surface area contributed by atoms with Crippen LogP contribution in [0, 0.1) is 17.2 Å². The lowest BCUT2D eigenvalue weighted by Gasteiger charge is -2.14. The van der Waals surface area contributed by atoms with E-state index in [0.29, 0.717) is 30.4 Å². The predicted molar refractivity (Wildman–Crippen MR) is 89.4 cm³/mol. The van der Waals surface area contributed by atoms with E-state index in [1.165, 1.54) is 0 Å². The summed E-state index contributed by atoms with van der Waals surface area (Å²) in [6, 6.07) is 8.22. The van der Waals surface area contributed by atoms with Gasteiger partial charge in [0.15, 0.2) is 5.78 Å². The van der Waals surface area contributed by atoms with Crippen molar-refractivity contribution in [2.45, 2.75) is 46.0 Å². The van der Waals surface area contributed by atoms with Crippen LogP contribution in [0.5, 0.6) is 0 Å². The molecule has 0 radical (unpaired) electrons. The summed E-state index contributed by atoms with van der Waals surface area (Å²) in [5.41, 5.74) is 0.860. The Morgan fingerprint density at radius 1 is 1.12 bits per heavy atom. The summed E-state index contributed by atoms with van der Waals surface area (Å²) in [5.74, 6) is -1.50. The van der Waals surface area contributed by atoms with Gasteiger partial charge < -0.3 is 9.53 Å². The van der Waals surface area contributed by atoms with Crippen LogP contribution in [0.2, 0.25) is 0 Å². The smallest absolute Gasteiger partial charge is 0.316 e. The molecule has 5 heteroatoms. The van der Waals surface area contributed by atoms with E-state index in [2.05, 4.69) is 0 Å². The summed E-state index contributed by atoms with van der Waals surface area (Å²) in [7, 11) is 0. The van der Waals surface area contributed by atoms with Gasteiger partial charge in [-0.1, -0.05) is 25.0 Å². The SMILES string of the molecule is CCOC(=O)C(CCCCCC(C)=O)C(=O)c1ccc(C#N)cc1. The third kappa shape index (κ3) is 6.33. The zero-order valence-corrected chi connectivity index (χ0v) is 14.2. The summed E-state index contributed by atoms with van der Waals surface area (Å²) in [6.45, 7) is 3.48. The topological polar surface area (TPSA) is 84.2 Å². The fourth-order valence-electron chi connectivity index (χ4n) is 2.41. The number of unbranched alkanes of at least 4 members (excludes halogenated alkanes) is 2. The summed E-state index contributed by atoms with van der Waals surface area (Å²) < 4.78 is 5.02. The fraction of sp³-hybridized carbons (Fsp3) is 0.474. The normalized spacial score (nSPS) is 11.4. The van der Waals surface area contributed by atoms with Gasteiger partial charge in [0, 0.05) is 12.0 Å². The number of carbonyl (C=O) groups is 3. The van der Waals surface area contributed by atoms with Crippen LogP contribution >= 0.6 is 0 Å². The number of rotatable bonds is 10. The van der Waals surface area contributed by atoms with Crippen molar-refractivity contribution < 1.29 is 19.1 Å². The van der Waals surface area contributed by atoms with Gasteiger partial charge in [0.2, 0.25) is 0 Å². The second-order valence-corrected chi connectivity index (χ2v) is 5.66. The van der Waals surface area contributed by atoms with Crippen molar-refractivity contribution in [1.82, 2.24) is 0 Å². The van der Waals surface area contributed by atoms with Crippen molar-refractivity contribution in [3.05, 3.63) is 35.4 Å². The molecule has 0 bridgehead atoms. The maximum Gasteiger partial charge on any atom is 0.316 e. The second kappa shape index (κ2) is 10.3.